The van der Waals surface area contributed by atoms with Crippen molar-refractivity contribution in [2.24, 2.45) is 0 Å². The van der Waals surface area contributed by atoms with Gasteiger partial charge >= 0.3 is 12.0 Å². The fraction of sp³-hybridized carbons (Fsp3) is 0.471. The molecule has 1 aromatic rings. The number of halogens is 3. The Morgan fingerprint density at radius 2 is 1.71 bits per heavy atom. The Balaban J connectivity index is 1.70. The second-order valence-electron chi connectivity index (χ2n) is 5.73. The van der Waals surface area contributed by atoms with E-state index in [9.17, 15) is 18.0 Å². The quantitative estimate of drug-likeness (QED) is 0.744. The summed E-state index contributed by atoms with van der Waals surface area (Å²) < 4.78 is 41.1. The number of benzene rings is 1. The van der Waals surface area contributed by atoms with E-state index >= 15 is 0 Å². The van der Waals surface area contributed by atoms with Gasteiger partial charge in [-0.05, 0) is 19.1 Å². The van der Waals surface area contributed by atoms with Crippen molar-refractivity contribution in [2.45, 2.75) is 13.3 Å². The summed E-state index contributed by atoms with van der Waals surface area (Å²) in [5.41, 5.74) is 2.36. The second kappa shape index (κ2) is 8.73. The van der Waals surface area contributed by atoms with Crippen LogP contribution < -0.4 is 4.90 Å². The van der Waals surface area contributed by atoms with Crippen LogP contribution in [0.3, 0.4) is 0 Å². The van der Waals surface area contributed by atoms with Crippen LogP contribution in [0.1, 0.15) is 12.0 Å². The third-order valence-corrected chi connectivity index (χ3v) is 3.91. The summed E-state index contributed by atoms with van der Waals surface area (Å²) in [6, 6.07) is 8.27. The first kappa shape index (κ1) is 18.3. The molecule has 0 aromatic heterocycles. The predicted molar refractivity (Wildman–Crippen MR) is 85.8 cm³/mol. The van der Waals surface area contributed by atoms with Crippen molar-refractivity contribution in [3.8, 4) is 0 Å². The largest absolute Gasteiger partial charge is 0.464 e. The highest BCUT2D eigenvalue weighted by molar-refractivity contribution is 5.71. The van der Waals surface area contributed by atoms with Crippen LogP contribution in [0, 0.1) is 6.92 Å². The number of hydrogen-bond acceptors (Lipinski definition) is 4. The molecule has 0 unspecified atom stereocenters. The maximum Gasteiger partial charge on any atom is 0.320 e. The summed E-state index contributed by atoms with van der Waals surface area (Å²) >= 11 is 0. The van der Waals surface area contributed by atoms with E-state index in [4.69, 9.17) is 4.74 Å². The van der Waals surface area contributed by atoms with Crippen LogP contribution in [0.2, 0.25) is 0 Å². The molecule has 0 N–H and O–H groups in total. The first-order chi connectivity index (χ1) is 11.5. The summed E-state index contributed by atoms with van der Waals surface area (Å²) in [4.78, 5) is 15.8. The lowest BCUT2D eigenvalue weighted by molar-refractivity contribution is -0.145. The van der Waals surface area contributed by atoms with Crippen molar-refractivity contribution in [3.05, 3.63) is 41.7 Å². The Hall–Kier alpha value is -2.02. The minimum Gasteiger partial charge on any atom is -0.464 e. The molecule has 0 bridgehead atoms. The van der Waals surface area contributed by atoms with Crippen LogP contribution in [0.25, 0.3) is 0 Å². The number of piperazine rings is 1. The monoisotopic (exact) mass is 342 g/mol. The molecule has 132 valence electrons. The molecule has 1 aromatic carbocycles. The molecule has 1 aliphatic rings. The molecule has 0 aliphatic carbocycles. The van der Waals surface area contributed by atoms with E-state index in [1.165, 1.54) is 5.56 Å². The molecular weight excluding hydrogens is 321 g/mol. The Bertz CT molecular complexity index is 578. The second-order valence-corrected chi connectivity index (χ2v) is 5.73. The first-order valence-electron chi connectivity index (χ1n) is 7.85. The zero-order valence-electron chi connectivity index (χ0n) is 13.6. The van der Waals surface area contributed by atoms with Gasteiger partial charge in [0.05, 0.1) is 13.2 Å². The summed E-state index contributed by atoms with van der Waals surface area (Å²) in [5.74, 6) is -2.06. The Labute approximate surface area is 139 Å². The van der Waals surface area contributed by atoms with Gasteiger partial charge in [-0.1, -0.05) is 17.7 Å². The molecule has 7 heteroatoms. The van der Waals surface area contributed by atoms with E-state index in [1.54, 1.807) is 0 Å². The van der Waals surface area contributed by atoms with E-state index in [1.807, 2.05) is 11.8 Å². The van der Waals surface area contributed by atoms with E-state index in [0.717, 1.165) is 18.8 Å². The van der Waals surface area contributed by atoms with Crippen LogP contribution in [0.4, 0.5) is 18.9 Å². The SMILES string of the molecule is Cc1ccc(N2CCN(CC(=O)OCCC(F)=C(F)F)CC2)cc1. The minimum atomic E-state index is -2.36. The maximum absolute atomic E-state index is 12.6. The van der Waals surface area contributed by atoms with Gasteiger partial charge in [0.2, 0.25) is 0 Å². The van der Waals surface area contributed by atoms with Gasteiger partial charge in [-0.2, -0.15) is 8.78 Å². The van der Waals surface area contributed by atoms with Crippen molar-refractivity contribution >= 4 is 11.7 Å². The normalized spacial score (nSPS) is 15.2. The number of hydrogen-bond donors (Lipinski definition) is 0. The molecule has 24 heavy (non-hydrogen) atoms. The highest BCUT2D eigenvalue weighted by Crippen LogP contribution is 2.17. The molecule has 1 fully saturated rings. The first-order valence-corrected chi connectivity index (χ1v) is 7.85. The van der Waals surface area contributed by atoms with Gasteiger partial charge in [0.15, 0.2) is 5.83 Å². The van der Waals surface area contributed by atoms with E-state index in [2.05, 4.69) is 29.2 Å². The predicted octanol–water partition coefficient (Wildman–Crippen LogP) is 3.13. The third-order valence-electron chi connectivity index (χ3n) is 3.91. The van der Waals surface area contributed by atoms with Crippen molar-refractivity contribution in [1.29, 1.82) is 0 Å². The van der Waals surface area contributed by atoms with E-state index in [-0.39, 0.29) is 13.2 Å². The number of esters is 1. The van der Waals surface area contributed by atoms with Gasteiger partial charge in [-0.3, -0.25) is 9.69 Å². The highest BCUT2D eigenvalue weighted by Gasteiger charge is 2.20. The smallest absolute Gasteiger partial charge is 0.320 e. The minimum absolute atomic E-state index is 0.0885. The van der Waals surface area contributed by atoms with E-state index < -0.39 is 24.3 Å². The van der Waals surface area contributed by atoms with Crippen molar-refractivity contribution in [3.63, 3.8) is 0 Å². The van der Waals surface area contributed by atoms with Crippen molar-refractivity contribution in [2.75, 3.05) is 44.2 Å². The summed E-state index contributed by atoms with van der Waals surface area (Å²) in [5, 5.41) is 0. The van der Waals surface area contributed by atoms with Crippen LogP contribution in [0.15, 0.2) is 36.2 Å². The zero-order chi connectivity index (χ0) is 17.5. The molecule has 1 saturated heterocycles. The lowest BCUT2D eigenvalue weighted by atomic mass is 10.2. The molecule has 0 amide bonds. The molecule has 0 saturated carbocycles. The van der Waals surface area contributed by atoms with Crippen molar-refractivity contribution in [1.82, 2.24) is 4.90 Å². The maximum atomic E-state index is 12.6. The van der Waals surface area contributed by atoms with Gasteiger partial charge in [0.1, 0.15) is 0 Å². The number of nitrogens with zero attached hydrogens (tertiary/aromatic N) is 2. The zero-order valence-corrected chi connectivity index (χ0v) is 13.6. The number of anilines is 1. The molecule has 0 spiro atoms. The van der Waals surface area contributed by atoms with Crippen LogP contribution >= 0.6 is 0 Å². The molecular formula is C17H21F3N2O2. The Morgan fingerprint density at radius 1 is 1.08 bits per heavy atom. The molecule has 2 rings (SSSR count). The Kier molecular flexibility index (Phi) is 6.66. The summed E-state index contributed by atoms with van der Waals surface area (Å²) in [6.07, 6.45) is -2.95. The highest BCUT2D eigenvalue weighted by atomic mass is 19.3. The number of carbonyl (C=O) groups is 1. The van der Waals surface area contributed by atoms with Gasteiger partial charge in [0.25, 0.3) is 0 Å². The molecule has 1 aliphatic heterocycles. The van der Waals surface area contributed by atoms with E-state index in [0.29, 0.717) is 13.1 Å². The van der Waals surface area contributed by atoms with Gasteiger partial charge < -0.3 is 9.64 Å². The fourth-order valence-electron chi connectivity index (χ4n) is 2.50. The fourth-order valence-corrected chi connectivity index (χ4v) is 2.50. The molecule has 0 atom stereocenters. The average Bonchev–Trinajstić information content (AvgIpc) is 2.56. The molecule has 0 radical (unpaired) electrons. The van der Waals surface area contributed by atoms with Crippen LogP contribution in [0.5, 0.6) is 0 Å². The molecule has 4 nitrogen and oxygen atoms in total. The number of rotatable bonds is 6. The topological polar surface area (TPSA) is 32.8 Å². The number of aryl methyl sites for hydroxylation is 1. The average molecular weight is 342 g/mol. The number of ether oxygens (including phenoxy) is 1. The molecule has 1 heterocycles. The van der Waals surface area contributed by atoms with Crippen molar-refractivity contribution < 1.29 is 22.7 Å². The summed E-state index contributed by atoms with van der Waals surface area (Å²) in [6.45, 7) is 4.75. The van der Waals surface area contributed by atoms with Gasteiger partial charge in [0, 0.05) is 38.3 Å². The number of carbonyl (C=O) groups excluding carboxylic acids is 1. The lowest BCUT2D eigenvalue weighted by Crippen LogP contribution is -2.48. The lowest BCUT2D eigenvalue weighted by Gasteiger charge is -2.35. The van der Waals surface area contributed by atoms with Crippen LogP contribution in [-0.2, 0) is 9.53 Å². The standard InChI is InChI=1S/C17H21F3N2O2/c1-13-2-4-14(5-3-13)22-9-7-21(8-10-22)12-16(23)24-11-6-15(18)17(19)20/h2-5H,6-12H2,1H3. The summed E-state index contributed by atoms with van der Waals surface area (Å²) in [7, 11) is 0. The third kappa shape index (κ3) is 5.56. The van der Waals surface area contributed by atoms with Gasteiger partial charge in [-0.15, -0.1) is 0 Å². The Morgan fingerprint density at radius 3 is 2.29 bits per heavy atom. The van der Waals surface area contributed by atoms with Crippen LogP contribution in [-0.4, -0.2) is 50.2 Å². The van der Waals surface area contributed by atoms with Gasteiger partial charge in [-0.25, -0.2) is 4.39 Å².